The van der Waals surface area contributed by atoms with Gasteiger partial charge in [-0.15, -0.1) is 0 Å². The summed E-state index contributed by atoms with van der Waals surface area (Å²) in [6.07, 6.45) is 1.50. The second-order valence-corrected chi connectivity index (χ2v) is 7.75. The Morgan fingerprint density at radius 3 is 2.53 bits per heavy atom. The van der Waals surface area contributed by atoms with Crippen LogP contribution in [0.3, 0.4) is 0 Å². The van der Waals surface area contributed by atoms with E-state index < -0.39 is 0 Å². The minimum absolute atomic E-state index is 0.251. The fraction of sp³-hybridized carbons (Fsp3) is 0.0417. The number of nitrogens with zero attached hydrogens (tertiary/aromatic N) is 2. The number of carbonyl (C=O) groups excluding carboxylic acids is 1. The first kappa shape index (κ1) is 20.0. The lowest BCUT2D eigenvalue weighted by atomic mass is 10.1. The first-order valence-electron chi connectivity index (χ1n) is 9.82. The zero-order valence-corrected chi connectivity index (χ0v) is 17.4. The number of hydrogen-bond acceptors (Lipinski definition) is 3. The lowest BCUT2D eigenvalue weighted by molar-refractivity contribution is 0.0951. The molecule has 5 aromatic rings. The number of nitrogens with one attached hydrogen (secondary N) is 2. The first-order valence-corrected chi connectivity index (χ1v) is 10.2. The Kier molecular flexibility index (Phi) is 4.95. The number of amides is 1. The van der Waals surface area contributed by atoms with Crippen LogP contribution in [0.1, 0.15) is 15.9 Å². The summed E-state index contributed by atoms with van der Waals surface area (Å²) >= 11 is 5.90. The Hall–Kier alpha value is -3.97. The number of hydrogen-bond donors (Lipinski definition) is 2. The van der Waals surface area contributed by atoms with Crippen LogP contribution in [0.25, 0.3) is 27.5 Å². The van der Waals surface area contributed by atoms with Crippen molar-refractivity contribution in [3.63, 3.8) is 0 Å². The topological polar surface area (TPSA) is 79.8 Å². The van der Waals surface area contributed by atoms with E-state index in [1.54, 1.807) is 30.3 Å². The van der Waals surface area contributed by atoms with Crippen LogP contribution >= 0.6 is 11.6 Å². The predicted molar refractivity (Wildman–Crippen MR) is 122 cm³/mol. The van der Waals surface area contributed by atoms with E-state index in [2.05, 4.69) is 15.4 Å². The molecule has 158 valence electrons. The van der Waals surface area contributed by atoms with Crippen molar-refractivity contribution in [3.8, 4) is 5.69 Å². The Bertz CT molecular complexity index is 1520. The highest BCUT2D eigenvalue weighted by molar-refractivity contribution is 6.30. The third kappa shape index (κ3) is 3.63. The predicted octanol–water partition coefficient (Wildman–Crippen LogP) is 4.59. The number of halogens is 2. The average Bonchev–Trinajstić information content (AvgIpc) is 3.15. The summed E-state index contributed by atoms with van der Waals surface area (Å²) in [6, 6.07) is 17.9. The smallest absolute Gasteiger partial charge is 0.280 e. The summed E-state index contributed by atoms with van der Waals surface area (Å²) in [5, 5.41) is 7.60. The molecule has 2 N–H and O–H groups in total. The molecular formula is C24H16ClFN4O2. The maximum Gasteiger partial charge on any atom is 0.280 e. The average molecular weight is 447 g/mol. The van der Waals surface area contributed by atoms with Gasteiger partial charge in [0, 0.05) is 28.7 Å². The highest BCUT2D eigenvalue weighted by atomic mass is 35.5. The van der Waals surface area contributed by atoms with Crippen LogP contribution in [0.2, 0.25) is 5.02 Å². The molecule has 0 fully saturated rings. The molecule has 6 nitrogen and oxygen atoms in total. The number of aromatic nitrogens is 3. The van der Waals surface area contributed by atoms with Gasteiger partial charge in [0.15, 0.2) is 0 Å². The molecule has 0 unspecified atom stereocenters. The molecule has 0 aliphatic heterocycles. The van der Waals surface area contributed by atoms with Crippen molar-refractivity contribution in [2.75, 3.05) is 0 Å². The number of pyridine rings is 1. The monoisotopic (exact) mass is 446 g/mol. The van der Waals surface area contributed by atoms with Gasteiger partial charge in [0.05, 0.1) is 22.1 Å². The van der Waals surface area contributed by atoms with Crippen LogP contribution in [-0.4, -0.2) is 20.7 Å². The molecular weight excluding hydrogens is 431 g/mol. The largest absolute Gasteiger partial charge is 0.348 e. The van der Waals surface area contributed by atoms with Gasteiger partial charge in [0.25, 0.3) is 11.5 Å². The van der Waals surface area contributed by atoms with Crippen molar-refractivity contribution in [2.24, 2.45) is 0 Å². The molecule has 0 aliphatic carbocycles. The van der Waals surface area contributed by atoms with Crippen LogP contribution in [0.15, 0.2) is 77.7 Å². The molecule has 3 aromatic carbocycles. The molecule has 0 spiro atoms. The van der Waals surface area contributed by atoms with Gasteiger partial charge in [0.1, 0.15) is 5.82 Å². The number of fused-ring (bicyclic) bond motifs is 3. The summed E-state index contributed by atoms with van der Waals surface area (Å²) < 4.78 is 14.6. The van der Waals surface area contributed by atoms with Gasteiger partial charge < -0.3 is 5.32 Å². The van der Waals surface area contributed by atoms with Crippen LogP contribution < -0.4 is 10.9 Å². The molecule has 32 heavy (non-hydrogen) atoms. The summed E-state index contributed by atoms with van der Waals surface area (Å²) in [5.41, 5.74) is 2.75. The van der Waals surface area contributed by atoms with Gasteiger partial charge in [0.2, 0.25) is 0 Å². The number of benzene rings is 3. The Balaban J connectivity index is 1.52. The summed E-state index contributed by atoms with van der Waals surface area (Å²) in [7, 11) is 0. The van der Waals surface area contributed by atoms with Crippen molar-refractivity contribution in [3.05, 3.63) is 105 Å². The van der Waals surface area contributed by atoms with Crippen LogP contribution in [0.5, 0.6) is 0 Å². The number of H-pyrrole nitrogens is 1. The standard InChI is InChI=1S/C24H16ClFN4O2/c25-16-4-1-14(2-5-16)12-28-23(31)15-3-10-21-19(11-15)22-20(13-27-21)24(32)30(29-22)18-8-6-17(26)7-9-18/h1-11,13,29H,12H2,(H,28,31). The highest BCUT2D eigenvalue weighted by Crippen LogP contribution is 2.22. The van der Waals surface area contributed by atoms with Gasteiger partial charge in [-0.2, -0.15) is 0 Å². The second kappa shape index (κ2) is 7.94. The lowest BCUT2D eigenvalue weighted by Crippen LogP contribution is -2.22. The molecule has 2 aromatic heterocycles. The molecule has 2 heterocycles. The Morgan fingerprint density at radius 2 is 1.78 bits per heavy atom. The normalized spacial score (nSPS) is 11.2. The maximum absolute atomic E-state index is 13.3. The van der Waals surface area contributed by atoms with Crippen LogP contribution in [0, 0.1) is 5.82 Å². The molecule has 0 radical (unpaired) electrons. The van der Waals surface area contributed by atoms with E-state index in [0.29, 0.717) is 44.6 Å². The summed E-state index contributed by atoms with van der Waals surface area (Å²) in [6.45, 7) is 0.355. The molecule has 8 heteroatoms. The number of aromatic amines is 1. The molecule has 0 atom stereocenters. The van der Waals surface area contributed by atoms with E-state index in [0.717, 1.165) is 5.56 Å². The summed E-state index contributed by atoms with van der Waals surface area (Å²) in [5.74, 6) is -0.640. The number of rotatable bonds is 4. The molecule has 0 saturated carbocycles. The molecule has 0 saturated heterocycles. The molecule has 0 aliphatic rings. The highest BCUT2D eigenvalue weighted by Gasteiger charge is 2.14. The van der Waals surface area contributed by atoms with E-state index in [1.165, 1.54) is 35.1 Å². The molecule has 0 bridgehead atoms. The minimum atomic E-state index is -0.390. The molecule has 5 rings (SSSR count). The van der Waals surface area contributed by atoms with Gasteiger partial charge in [-0.05, 0) is 60.2 Å². The number of carbonyl (C=O) groups is 1. The van der Waals surface area contributed by atoms with Crippen molar-refractivity contribution in [2.45, 2.75) is 6.54 Å². The molecule has 1 amide bonds. The fourth-order valence-corrected chi connectivity index (χ4v) is 3.68. The SMILES string of the molecule is O=C(NCc1ccc(Cl)cc1)c1ccc2ncc3c(=O)n(-c4ccc(F)cc4)[nH]c3c2c1. The van der Waals surface area contributed by atoms with Gasteiger partial charge in [-0.1, -0.05) is 23.7 Å². The van der Waals surface area contributed by atoms with Gasteiger partial charge in [-0.3, -0.25) is 19.7 Å². The van der Waals surface area contributed by atoms with Crippen molar-refractivity contribution in [1.82, 2.24) is 20.1 Å². The van der Waals surface area contributed by atoms with E-state index in [4.69, 9.17) is 11.6 Å². The zero-order valence-electron chi connectivity index (χ0n) is 16.6. The zero-order chi connectivity index (χ0) is 22.2. The minimum Gasteiger partial charge on any atom is -0.348 e. The first-order chi connectivity index (χ1) is 15.5. The fourth-order valence-electron chi connectivity index (χ4n) is 3.56. The van der Waals surface area contributed by atoms with Crippen molar-refractivity contribution in [1.29, 1.82) is 0 Å². The second-order valence-electron chi connectivity index (χ2n) is 7.32. The van der Waals surface area contributed by atoms with Gasteiger partial charge in [-0.25, -0.2) is 9.07 Å². The van der Waals surface area contributed by atoms with E-state index >= 15 is 0 Å². The summed E-state index contributed by atoms with van der Waals surface area (Å²) in [4.78, 5) is 29.9. The Morgan fingerprint density at radius 1 is 1.03 bits per heavy atom. The van der Waals surface area contributed by atoms with Crippen molar-refractivity contribution >= 4 is 39.3 Å². The van der Waals surface area contributed by atoms with E-state index in [-0.39, 0.29) is 17.3 Å². The van der Waals surface area contributed by atoms with Crippen LogP contribution in [0.4, 0.5) is 4.39 Å². The van der Waals surface area contributed by atoms with E-state index in [1.807, 2.05) is 12.1 Å². The maximum atomic E-state index is 13.3. The third-order valence-electron chi connectivity index (χ3n) is 5.24. The third-order valence-corrected chi connectivity index (χ3v) is 5.49. The Labute approximate surface area is 186 Å². The van der Waals surface area contributed by atoms with E-state index in [9.17, 15) is 14.0 Å². The quantitative estimate of drug-likeness (QED) is 0.424. The van der Waals surface area contributed by atoms with Crippen molar-refractivity contribution < 1.29 is 9.18 Å². The van der Waals surface area contributed by atoms with Gasteiger partial charge >= 0.3 is 0 Å². The lowest BCUT2D eigenvalue weighted by Gasteiger charge is -2.07. The van der Waals surface area contributed by atoms with Crippen LogP contribution in [-0.2, 0) is 6.54 Å².